The molecule has 0 aliphatic carbocycles. The van der Waals surface area contributed by atoms with Crippen molar-refractivity contribution in [2.75, 3.05) is 17.2 Å². The zero-order chi connectivity index (χ0) is 12.4. The summed E-state index contributed by atoms with van der Waals surface area (Å²) < 4.78 is 0. The third-order valence-electron chi connectivity index (χ3n) is 3.52. The number of hydrogen-bond acceptors (Lipinski definition) is 3. The highest BCUT2D eigenvalue weighted by atomic mass is 15.2. The van der Waals surface area contributed by atoms with Crippen LogP contribution < -0.4 is 10.6 Å². The quantitative estimate of drug-likeness (QED) is 0.793. The second-order valence-corrected chi connectivity index (χ2v) is 5.04. The van der Waals surface area contributed by atoms with E-state index in [0.717, 1.165) is 12.2 Å². The summed E-state index contributed by atoms with van der Waals surface area (Å²) >= 11 is 0. The maximum Gasteiger partial charge on any atom is 0.101 e. The highest BCUT2D eigenvalue weighted by molar-refractivity contribution is 5.65. The van der Waals surface area contributed by atoms with E-state index in [9.17, 15) is 5.26 Å². The van der Waals surface area contributed by atoms with Crippen LogP contribution in [0.5, 0.6) is 0 Å². The summed E-state index contributed by atoms with van der Waals surface area (Å²) in [5.74, 6) is 0.613. The monoisotopic (exact) mass is 229 g/mol. The Bertz CT molecular complexity index is 445. The van der Waals surface area contributed by atoms with E-state index in [1.807, 2.05) is 12.1 Å². The molecule has 0 amide bonds. The molecular weight excluding hydrogens is 210 g/mol. The van der Waals surface area contributed by atoms with Crippen molar-refractivity contribution in [1.82, 2.24) is 0 Å². The maximum atomic E-state index is 9.20. The Morgan fingerprint density at radius 3 is 2.88 bits per heavy atom. The van der Waals surface area contributed by atoms with Gasteiger partial charge in [-0.1, -0.05) is 13.8 Å². The zero-order valence-corrected chi connectivity index (χ0v) is 10.5. The van der Waals surface area contributed by atoms with Crippen molar-refractivity contribution >= 4 is 11.4 Å². The van der Waals surface area contributed by atoms with Crippen LogP contribution in [0.4, 0.5) is 11.4 Å². The Labute approximate surface area is 103 Å². The molecule has 1 unspecified atom stereocenters. The van der Waals surface area contributed by atoms with Gasteiger partial charge in [-0.2, -0.15) is 5.26 Å². The lowest BCUT2D eigenvalue weighted by Crippen LogP contribution is -2.33. The second kappa shape index (κ2) is 4.67. The van der Waals surface area contributed by atoms with Crippen molar-refractivity contribution in [1.29, 1.82) is 5.26 Å². The fourth-order valence-electron chi connectivity index (χ4n) is 2.68. The van der Waals surface area contributed by atoms with Gasteiger partial charge in [0.1, 0.15) is 6.07 Å². The molecule has 2 N–H and O–H groups in total. The van der Waals surface area contributed by atoms with Gasteiger partial charge in [0.2, 0.25) is 0 Å². The van der Waals surface area contributed by atoms with E-state index in [1.54, 1.807) is 6.07 Å². The number of nitriles is 1. The van der Waals surface area contributed by atoms with E-state index in [0.29, 0.717) is 23.2 Å². The van der Waals surface area contributed by atoms with Crippen LogP contribution in [0.2, 0.25) is 0 Å². The SMILES string of the molecule is CC(C)C1CCCN1c1ccc(N)cc1C#N. The largest absolute Gasteiger partial charge is 0.399 e. The first-order valence-electron chi connectivity index (χ1n) is 6.19. The van der Waals surface area contributed by atoms with Crippen LogP contribution in [-0.4, -0.2) is 12.6 Å². The molecule has 90 valence electrons. The first-order chi connectivity index (χ1) is 8.13. The number of anilines is 2. The van der Waals surface area contributed by atoms with E-state index in [2.05, 4.69) is 24.8 Å². The molecule has 1 heterocycles. The summed E-state index contributed by atoms with van der Waals surface area (Å²) in [7, 11) is 0. The average molecular weight is 229 g/mol. The van der Waals surface area contributed by atoms with Crippen molar-refractivity contribution in [3.05, 3.63) is 23.8 Å². The molecule has 0 saturated carbocycles. The van der Waals surface area contributed by atoms with E-state index < -0.39 is 0 Å². The zero-order valence-electron chi connectivity index (χ0n) is 10.5. The highest BCUT2D eigenvalue weighted by Gasteiger charge is 2.28. The normalized spacial score (nSPS) is 19.6. The topological polar surface area (TPSA) is 53.0 Å². The molecule has 1 atom stereocenters. The lowest BCUT2D eigenvalue weighted by atomic mass is 10.0. The fourth-order valence-corrected chi connectivity index (χ4v) is 2.68. The molecular formula is C14H19N3. The Morgan fingerprint density at radius 2 is 2.24 bits per heavy atom. The van der Waals surface area contributed by atoms with Gasteiger partial charge >= 0.3 is 0 Å². The number of nitrogen functional groups attached to an aromatic ring is 1. The highest BCUT2D eigenvalue weighted by Crippen LogP contribution is 2.32. The Morgan fingerprint density at radius 1 is 1.47 bits per heavy atom. The van der Waals surface area contributed by atoms with Crippen LogP contribution in [0.15, 0.2) is 18.2 Å². The summed E-state index contributed by atoms with van der Waals surface area (Å²) in [5, 5.41) is 9.20. The van der Waals surface area contributed by atoms with Crippen LogP contribution in [0.3, 0.4) is 0 Å². The van der Waals surface area contributed by atoms with Crippen molar-refractivity contribution in [2.24, 2.45) is 5.92 Å². The molecule has 17 heavy (non-hydrogen) atoms. The molecule has 0 radical (unpaired) electrons. The van der Waals surface area contributed by atoms with Crippen molar-refractivity contribution in [3.8, 4) is 6.07 Å². The molecule has 1 fully saturated rings. The standard InChI is InChI=1S/C14H19N3/c1-10(2)13-4-3-7-17(13)14-6-5-12(16)8-11(14)9-15/h5-6,8,10,13H,3-4,7,16H2,1-2H3. The minimum Gasteiger partial charge on any atom is -0.399 e. The summed E-state index contributed by atoms with van der Waals surface area (Å²) in [6.07, 6.45) is 2.42. The summed E-state index contributed by atoms with van der Waals surface area (Å²) in [6, 6.07) is 8.43. The van der Waals surface area contributed by atoms with Crippen LogP contribution >= 0.6 is 0 Å². The predicted octanol–water partition coefficient (Wildman–Crippen LogP) is 2.77. The summed E-state index contributed by atoms with van der Waals surface area (Å²) in [5.41, 5.74) is 8.12. The van der Waals surface area contributed by atoms with Crippen LogP contribution in [0.1, 0.15) is 32.3 Å². The van der Waals surface area contributed by atoms with Crippen molar-refractivity contribution < 1.29 is 0 Å². The van der Waals surface area contributed by atoms with Crippen LogP contribution in [0.25, 0.3) is 0 Å². The van der Waals surface area contributed by atoms with Gasteiger partial charge in [0.15, 0.2) is 0 Å². The molecule has 1 aliphatic rings. The second-order valence-electron chi connectivity index (χ2n) is 5.04. The van der Waals surface area contributed by atoms with E-state index >= 15 is 0 Å². The fraction of sp³-hybridized carbons (Fsp3) is 0.500. The van der Waals surface area contributed by atoms with Gasteiger partial charge in [-0.05, 0) is 37.0 Å². The molecule has 1 aliphatic heterocycles. The lowest BCUT2D eigenvalue weighted by molar-refractivity contribution is 0.492. The van der Waals surface area contributed by atoms with Gasteiger partial charge in [0.05, 0.1) is 11.3 Å². The van der Waals surface area contributed by atoms with Gasteiger partial charge < -0.3 is 10.6 Å². The molecule has 0 aromatic heterocycles. The maximum absolute atomic E-state index is 9.20. The number of nitrogens with two attached hydrogens (primary N) is 1. The van der Waals surface area contributed by atoms with Crippen LogP contribution in [0, 0.1) is 17.2 Å². The predicted molar refractivity (Wildman–Crippen MR) is 70.8 cm³/mol. The first kappa shape index (κ1) is 11.8. The average Bonchev–Trinajstić information content (AvgIpc) is 2.77. The van der Waals surface area contributed by atoms with E-state index in [4.69, 9.17) is 5.73 Å². The van der Waals surface area contributed by atoms with Crippen molar-refractivity contribution in [2.45, 2.75) is 32.7 Å². The molecule has 3 heteroatoms. The Hall–Kier alpha value is -1.69. The molecule has 1 aromatic rings. The minimum atomic E-state index is 0.547. The molecule has 0 spiro atoms. The summed E-state index contributed by atoms with van der Waals surface area (Å²) in [4.78, 5) is 2.36. The van der Waals surface area contributed by atoms with Crippen molar-refractivity contribution in [3.63, 3.8) is 0 Å². The first-order valence-corrected chi connectivity index (χ1v) is 6.19. The summed E-state index contributed by atoms with van der Waals surface area (Å²) in [6.45, 7) is 5.53. The number of nitrogens with zero attached hydrogens (tertiary/aromatic N) is 2. The minimum absolute atomic E-state index is 0.547. The van der Waals surface area contributed by atoms with Gasteiger partial charge in [-0.3, -0.25) is 0 Å². The van der Waals surface area contributed by atoms with Crippen LogP contribution in [-0.2, 0) is 0 Å². The Balaban J connectivity index is 2.37. The van der Waals surface area contributed by atoms with Gasteiger partial charge in [0, 0.05) is 18.3 Å². The molecule has 3 nitrogen and oxygen atoms in total. The van der Waals surface area contributed by atoms with Gasteiger partial charge in [-0.25, -0.2) is 0 Å². The number of hydrogen-bond donors (Lipinski definition) is 1. The molecule has 1 aromatic carbocycles. The Kier molecular flexibility index (Phi) is 3.23. The molecule has 2 rings (SSSR count). The van der Waals surface area contributed by atoms with E-state index in [1.165, 1.54) is 12.8 Å². The van der Waals surface area contributed by atoms with Gasteiger partial charge in [0.25, 0.3) is 0 Å². The third kappa shape index (κ3) is 2.21. The van der Waals surface area contributed by atoms with E-state index in [-0.39, 0.29) is 0 Å². The lowest BCUT2D eigenvalue weighted by Gasteiger charge is -2.30. The molecule has 1 saturated heterocycles. The smallest absolute Gasteiger partial charge is 0.101 e. The third-order valence-corrected chi connectivity index (χ3v) is 3.52. The number of benzene rings is 1. The molecule has 0 bridgehead atoms. The number of rotatable bonds is 2. The van der Waals surface area contributed by atoms with Gasteiger partial charge in [-0.15, -0.1) is 0 Å².